The number of nitrogens with one attached hydrogen (secondary N) is 3. The number of rotatable bonds is 8. The number of hydrogen-bond donors (Lipinski definition) is 5. The number of carbonyl (C=O) groups excluding carboxylic acids is 3. The number of urea groups is 1. The molecule has 1 aliphatic heterocycles. The Labute approximate surface area is 172 Å². The largest absolute Gasteiger partial charge is 0.481 e. The van der Waals surface area contributed by atoms with E-state index in [1.54, 1.807) is 38.1 Å². The Bertz CT molecular complexity index is 857. The molecule has 1 aliphatic rings. The van der Waals surface area contributed by atoms with E-state index in [1.165, 1.54) is 4.90 Å². The van der Waals surface area contributed by atoms with Crippen LogP contribution in [0.15, 0.2) is 24.3 Å². The van der Waals surface area contributed by atoms with Gasteiger partial charge in [0.15, 0.2) is 0 Å². The summed E-state index contributed by atoms with van der Waals surface area (Å²) in [6, 6.07) is 3.19. The van der Waals surface area contributed by atoms with Crippen LogP contribution in [0.3, 0.4) is 0 Å². The lowest BCUT2D eigenvalue weighted by Gasteiger charge is -2.32. The molecular formula is C19H24N4O7. The molecule has 0 saturated carbocycles. The number of benzene rings is 1. The van der Waals surface area contributed by atoms with E-state index in [2.05, 4.69) is 16.0 Å². The fourth-order valence-electron chi connectivity index (χ4n) is 2.96. The van der Waals surface area contributed by atoms with Gasteiger partial charge in [-0.1, -0.05) is 32.4 Å². The van der Waals surface area contributed by atoms with Crippen molar-refractivity contribution in [3.8, 4) is 0 Å². The summed E-state index contributed by atoms with van der Waals surface area (Å²) in [4.78, 5) is 60.8. The van der Waals surface area contributed by atoms with Crippen molar-refractivity contribution < 1.29 is 34.2 Å². The SMILES string of the molecule is CCC(C)[C@H](NC(=O)N1CC(=O)Nc2ccccc21)C(=O)N[C@@H](CC(=O)O)C(=O)O. The number of amides is 4. The monoisotopic (exact) mass is 420 g/mol. The van der Waals surface area contributed by atoms with E-state index in [-0.39, 0.29) is 12.5 Å². The Hall–Kier alpha value is -3.63. The van der Waals surface area contributed by atoms with Gasteiger partial charge in [0.05, 0.1) is 17.8 Å². The summed E-state index contributed by atoms with van der Waals surface area (Å²) in [6.07, 6.45) is -0.325. The molecule has 11 nitrogen and oxygen atoms in total. The van der Waals surface area contributed by atoms with E-state index < -0.39 is 48.3 Å². The van der Waals surface area contributed by atoms with Gasteiger partial charge in [-0.2, -0.15) is 0 Å². The second-order valence-electron chi connectivity index (χ2n) is 6.96. The van der Waals surface area contributed by atoms with Gasteiger partial charge in [0, 0.05) is 0 Å². The summed E-state index contributed by atoms with van der Waals surface area (Å²) in [5.74, 6) is -4.49. The molecule has 1 heterocycles. The molecule has 0 bridgehead atoms. The first-order chi connectivity index (χ1) is 14.1. The van der Waals surface area contributed by atoms with Crippen molar-refractivity contribution in [3.63, 3.8) is 0 Å². The zero-order valence-corrected chi connectivity index (χ0v) is 16.5. The molecule has 0 radical (unpaired) electrons. The van der Waals surface area contributed by atoms with Crippen molar-refractivity contribution in [2.75, 3.05) is 16.8 Å². The zero-order chi connectivity index (χ0) is 22.4. The lowest BCUT2D eigenvalue weighted by atomic mass is 9.98. The summed E-state index contributed by atoms with van der Waals surface area (Å²) >= 11 is 0. The predicted octanol–water partition coefficient (Wildman–Crippen LogP) is 0.614. The maximum absolute atomic E-state index is 12.9. The molecule has 0 fully saturated rings. The lowest BCUT2D eigenvalue weighted by Crippen LogP contribution is -2.58. The van der Waals surface area contributed by atoms with Gasteiger partial charge in [-0.05, 0) is 18.1 Å². The molecule has 1 aromatic rings. The fourth-order valence-corrected chi connectivity index (χ4v) is 2.96. The molecule has 2 rings (SSSR count). The van der Waals surface area contributed by atoms with Crippen molar-refractivity contribution in [2.24, 2.45) is 5.92 Å². The van der Waals surface area contributed by atoms with Crippen molar-refractivity contribution >= 4 is 41.2 Å². The van der Waals surface area contributed by atoms with Crippen molar-refractivity contribution in [2.45, 2.75) is 38.8 Å². The number of aliphatic carboxylic acids is 2. The van der Waals surface area contributed by atoms with E-state index in [1.807, 2.05) is 0 Å². The van der Waals surface area contributed by atoms with Crippen molar-refractivity contribution in [3.05, 3.63) is 24.3 Å². The average Bonchev–Trinajstić information content (AvgIpc) is 2.69. The number of hydrogen-bond acceptors (Lipinski definition) is 5. The smallest absolute Gasteiger partial charge is 0.326 e. The summed E-state index contributed by atoms with van der Waals surface area (Å²) in [6.45, 7) is 3.22. The number of para-hydroxylation sites is 2. The molecular weight excluding hydrogens is 396 g/mol. The van der Waals surface area contributed by atoms with Gasteiger partial charge in [0.2, 0.25) is 11.8 Å². The van der Waals surface area contributed by atoms with Crippen LogP contribution in [-0.4, -0.2) is 58.6 Å². The Morgan fingerprint density at radius 2 is 1.83 bits per heavy atom. The standard InChI is InChI=1S/C19H24N4O7/c1-3-10(2)16(17(27)21-12(18(28)29)8-15(25)26)22-19(30)23-9-14(24)20-11-6-4-5-7-13(11)23/h4-7,10,12,16H,3,8-9H2,1-2H3,(H,20,24)(H,21,27)(H,22,30)(H,25,26)(H,28,29)/t10?,12-,16-/m0/s1. The van der Waals surface area contributed by atoms with Crippen LogP contribution in [0.25, 0.3) is 0 Å². The minimum absolute atomic E-state index is 0.255. The second-order valence-corrected chi connectivity index (χ2v) is 6.96. The summed E-state index contributed by atoms with van der Waals surface area (Å²) in [7, 11) is 0. The molecule has 1 unspecified atom stereocenters. The molecule has 0 aromatic heterocycles. The average molecular weight is 420 g/mol. The molecule has 0 spiro atoms. The predicted molar refractivity (Wildman–Crippen MR) is 106 cm³/mol. The molecule has 1 aromatic carbocycles. The van der Waals surface area contributed by atoms with Crippen LogP contribution in [0.5, 0.6) is 0 Å². The van der Waals surface area contributed by atoms with Crippen LogP contribution in [0.4, 0.5) is 16.2 Å². The third kappa shape index (κ3) is 5.46. The number of nitrogens with zero attached hydrogens (tertiary/aromatic N) is 1. The van der Waals surface area contributed by atoms with Gasteiger partial charge < -0.3 is 26.2 Å². The van der Waals surface area contributed by atoms with Crippen LogP contribution in [0.1, 0.15) is 26.7 Å². The van der Waals surface area contributed by atoms with Gasteiger partial charge in [0.25, 0.3) is 0 Å². The highest BCUT2D eigenvalue weighted by atomic mass is 16.4. The fraction of sp³-hybridized carbons (Fsp3) is 0.421. The third-order valence-corrected chi connectivity index (χ3v) is 4.78. The van der Waals surface area contributed by atoms with Crippen molar-refractivity contribution in [1.29, 1.82) is 0 Å². The molecule has 30 heavy (non-hydrogen) atoms. The summed E-state index contributed by atoms with van der Waals surface area (Å²) in [5, 5.41) is 25.4. The molecule has 0 aliphatic carbocycles. The molecule has 4 amide bonds. The third-order valence-electron chi connectivity index (χ3n) is 4.78. The maximum atomic E-state index is 12.9. The normalized spacial score (nSPS) is 15.8. The van der Waals surface area contributed by atoms with Crippen LogP contribution in [0, 0.1) is 5.92 Å². The van der Waals surface area contributed by atoms with Crippen LogP contribution >= 0.6 is 0 Å². The lowest BCUT2D eigenvalue weighted by molar-refractivity contribution is -0.147. The van der Waals surface area contributed by atoms with E-state index in [9.17, 15) is 24.0 Å². The van der Waals surface area contributed by atoms with E-state index in [0.29, 0.717) is 17.8 Å². The van der Waals surface area contributed by atoms with Gasteiger partial charge in [-0.25, -0.2) is 9.59 Å². The Morgan fingerprint density at radius 3 is 2.43 bits per heavy atom. The number of carboxylic acids is 2. The summed E-state index contributed by atoms with van der Waals surface area (Å²) < 4.78 is 0. The van der Waals surface area contributed by atoms with Gasteiger partial charge in [-0.3, -0.25) is 19.3 Å². The number of carboxylic acid groups (broad SMARTS) is 2. The first-order valence-corrected chi connectivity index (χ1v) is 9.35. The number of carbonyl (C=O) groups is 5. The molecule has 162 valence electrons. The van der Waals surface area contributed by atoms with Crippen LogP contribution in [-0.2, 0) is 19.2 Å². The van der Waals surface area contributed by atoms with Crippen LogP contribution < -0.4 is 20.9 Å². The topological polar surface area (TPSA) is 165 Å². The highest BCUT2D eigenvalue weighted by Crippen LogP contribution is 2.29. The second kappa shape index (κ2) is 9.72. The van der Waals surface area contributed by atoms with Gasteiger partial charge in [0.1, 0.15) is 18.6 Å². The summed E-state index contributed by atoms with van der Waals surface area (Å²) in [5.41, 5.74) is 0.896. The molecule has 11 heteroatoms. The minimum atomic E-state index is -1.64. The maximum Gasteiger partial charge on any atom is 0.326 e. The Balaban J connectivity index is 2.21. The van der Waals surface area contributed by atoms with E-state index in [4.69, 9.17) is 10.2 Å². The first kappa shape index (κ1) is 22.7. The quantitative estimate of drug-likeness (QED) is 0.411. The highest BCUT2D eigenvalue weighted by Gasteiger charge is 2.34. The molecule has 5 N–H and O–H groups in total. The molecule has 0 saturated heterocycles. The number of fused-ring (bicyclic) bond motifs is 1. The first-order valence-electron chi connectivity index (χ1n) is 9.35. The zero-order valence-electron chi connectivity index (χ0n) is 16.5. The molecule has 3 atom stereocenters. The van der Waals surface area contributed by atoms with Gasteiger partial charge >= 0.3 is 18.0 Å². The van der Waals surface area contributed by atoms with E-state index in [0.717, 1.165) is 0 Å². The van der Waals surface area contributed by atoms with E-state index >= 15 is 0 Å². The Morgan fingerprint density at radius 1 is 1.17 bits per heavy atom. The minimum Gasteiger partial charge on any atom is -0.481 e. The van der Waals surface area contributed by atoms with Gasteiger partial charge in [-0.15, -0.1) is 0 Å². The van der Waals surface area contributed by atoms with Crippen LogP contribution in [0.2, 0.25) is 0 Å². The Kier molecular flexibility index (Phi) is 7.34. The highest BCUT2D eigenvalue weighted by molar-refractivity contribution is 6.10. The van der Waals surface area contributed by atoms with Crippen molar-refractivity contribution in [1.82, 2.24) is 10.6 Å². The number of anilines is 2.